The lowest BCUT2D eigenvalue weighted by Gasteiger charge is -2.34. The first-order valence-electron chi connectivity index (χ1n) is 39.4. The minimum atomic E-state index is -1.85. The molecule has 2 aromatic carbocycles. The summed E-state index contributed by atoms with van der Waals surface area (Å²) >= 11 is 2.72. The molecule has 0 radical (unpaired) electrons. The maximum absolute atomic E-state index is 15.0. The zero-order valence-corrected chi connectivity index (χ0v) is 67.9. The normalized spacial score (nSPS) is 28.9. The highest BCUT2D eigenvalue weighted by Crippen LogP contribution is 2.31. The second kappa shape index (κ2) is 46.7. The molecule has 2 saturated carbocycles. The molecule has 1 unspecified atom stereocenters. The monoisotopic (exact) mass is 1640 g/mol. The third-order valence-corrected chi connectivity index (χ3v) is 22.7. The molecule has 0 aromatic heterocycles. The number of aliphatic hydroxyl groups excluding tert-OH is 4. The lowest BCUT2D eigenvalue weighted by atomic mass is 9.82. The van der Waals surface area contributed by atoms with Crippen LogP contribution in [-0.4, -0.2) is 230 Å². The molecule has 35 nitrogen and oxygen atoms in total. The van der Waals surface area contributed by atoms with Crippen LogP contribution in [0.25, 0.3) is 0 Å². The van der Waals surface area contributed by atoms with Crippen molar-refractivity contribution in [1.29, 1.82) is 0 Å². The van der Waals surface area contributed by atoms with E-state index in [0.29, 0.717) is 93.1 Å². The fraction of sp³-hybridized carbons (Fsp3) is 0.662. The minimum Gasteiger partial charge on any atom is -0.481 e. The molecule has 2 aromatic rings. The van der Waals surface area contributed by atoms with Crippen molar-refractivity contribution in [2.24, 2.45) is 39.4 Å². The Morgan fingerprint density at radius 1 is 0.535 bits per heavy atom. The van der Waals surface area contributed by atoms with Crippen molar-refractivity contribution in [3.05, 3.63) is 65.2 Å². The Kier molecular flexibility index (Phi) is 38.6. The number of benzene rings is 2. The molecule has 37 heteroatoms. The Labute approximate surface area is 674 Å². The zero-order chi connectivity index (χ0) is 83.9. The van der Waals surface area contributed by atoms with Gasteiger partial charge in [0.25, 0.3) is 0 Å². The second-order valence-electron chi connectivity index (χ2n) is 31.4. The number of nitrogens with one attached hydrogen (secondary N) is 13. The van der Waals surface area contributed by atoms with Crippen molar-refractivity contribution in [1.82, 2.24) is 69.1 Å². The van der Waals surface area contributed by atoms with Gasteiger partial charge in [-0.15, -0.1) is 0 Å². The number of nitrogens with zero attached hydrogens (tertiary/aromatic N) is 1. The van der Waals surface area contributed by atoms with Gasteiger partial charge in [-0.25, -0.2) is 4.99 Å². The number of amides is 12. The first kappa shape index (κ1) is 94.1. The highest BCUT2D eigenvalue weighted by atomic mass is 32.2. The standard InChI is InChI=1S/C77H121N17O18S2/c1-8-11-52-66(103)86-54(27-28-61(100)101)67(104)87-55(33-44-17-23-50(97)24-18-44)69(106)85-53(12-9-2)68(105)93-63(42(4)96)74(111)91-59(65(78)102)39-114-38-47-14-10-13-46(31-47)37-113-30-29-60(99)92-64(77(5,6)7)75(112)90-57(34-45-19-25-51(98)26-20-45)71(108)88-58(35-49-36-81-40-82-49)72(109)94-62(41(3)95)73(110)89-56(70(107)84-52)32-43-15-21-48(22-16-43)83-76(79)80/h10,13-16,21-22,31,41-42,44-45,49-59,62-64,81-82,95-98H,8-9,11-12,17-20,23-30,32-40H2,1-7H3,(H2,78,102)(H,84,107)(H,85,106)(H,86,103)(H,87,104)(H,88,108)(H,89,110)(H,90,112)(H,91,111)(H,92,99)(H,93,105)(H,94,109)(H,100,101)(H4,79,80,83)/t41-,42-,44?,45?,49?,50?,51?,52+,53+,54+,55+,56+,57+,58+,59+,62+,63+,64-/m1/s1. The number of aliphatic imine (C=N–C) groups is 1. The van der Waals surface area contributed by atoms with E-state index in [-0.39, 0.29) is 81.3 Å². The van der Waals surface area contributed by atoms with E-state index in [4.69, 9.17) is 17.2 Å². The topological polar surface area (TPSA) is 570 Å². The first-order valence-corrected chi connectivity index (χ1v) is 41.7. The Bertz CT molecular complexity index is 3600. The van der Waals surface area contributed by atoms with Crippen LogP contribution in [0.5, 0.6) is 0 Å². The van der Waals surface area contributed by atoms with Crippen LogP contribution in [0, 0.1) is 17.3 Å². The number of aliphatic carboxylic acids is 1. The van der Waals surface area contributed by atoms with Crippen LogP contribution in [-0.2, 0) is 80.3 Å². The van der Waals surface area contributed by atoms with E-state index in [1.54, 1.807) is 46.8 Å². The zero-order valence-electron chi connectivity index (χ0n) is 66.2. The van der Waals surface area contributed by atoms with Gasteiger partial charge in [0, 0.05) is 61.5 Å². The van der Waals surface area contributed by atoms with E-state index in [9.17, 15) is 78.3 Å². The largest absolute Gasteiger partial charge is 0.481 e. The average Bonchev–Trinajstić information content (AvgIpc) is 1.04. The number of primary amides is 1. The van der Waals surface area contributed by atoms with Gasteiger partial charge in [-0.05, 0) is 150 Å². The smallest absolute Gasteiger partial charge is 0.303 e. The average molecular weight is 1640 g/mol. The van der Waals surface area contributed by atoms with E-state index in [1.165, 1.54) is 49.5 Å². The van der Waals surface area contributed by atoms with Crippen molar-refractivity contribution in [3.8, 4) is 0 Å². The van der Waals surface area contributed by atoms with Crippen molar-refractivity contribution >= 4 is 112 Å². The number of hydrogen-bond acceptors (Lipinski definition) is 22. The highest BCUT2D eigenvalue weighted by molar-refractivity contribution is 7.98. The van der Waals surface area contributed by atoms with Crippen molar-refractivity contribution in [3.63, 3.8) is 0 Å². The lowest BCUT2D eigenvalue weighted by molar-refractivity contribution is -0.139. The van der Waals surface area contributed by atoms with Crippen molar-refractivity contribution in [2.75, 3.05) is 24.7 Å². The number of carboxylic acid groups (broad SMARTS) is 1. The van der Waals surface area contributed by atoms with Gasteiger partial charge in [-0.1, -0.05) is 83.9 Å². The number of rotatable bonds is 19. The number of fused-ring (bicyclic) bond motifs is 2. The summed E-state index contributed by atoms with van der Waals surface area (Å²) in [5, 5.41) is 89.1. The molecule has 634 valence electrons. The molecular weight excluding hydrogens is 1520 g/mol. The predicted octanol–water partition coefficient (Wildman–Crippen LogP) is -1.41. The summed E-state index contributed by atoms with van der Waals surface area (Å²) in [6.45, 7) is 11.7. The molecule has 6 rings (SSSR count). The molecular formula is C77H121N17O18S2. The number of nitrogens with two attached hydrogens (primary N) is 3. The number of hydrogen-bond donors (Lipinski definition) is 21. The van der Waals surface area contributed by atoms with E-state index in [1.807, 2.05) is 24.3 Å². The van der Waals surface area contributed by atoms with Gasteiger partial charge in [0.2, 0.25) is 70.9 Å². The van der Waals surface area contributed by atoms with Gasteiger partial charge in [0.15, 0.2) is 5.96 Å². The molecule has 2 aliphatic heterocycles. The van der Waals surface area contributed by atoms with E-state index in [2.05, 4.69) is 74.1 Å². The SMILES string of the molecule is CCC[C@@H]1NC(=O)[C@H](Cc2ccc(N=C(N)N)cc2)NC(=O)[C@H]([C@@H](C)O)NC(=O)[C@H](CC2CNCN2)NC(=O)[C@H](CC2CCC(O)CC2)NC(=O)[C@H](C(C)(C)C)NC(=O)CCSCc2cccc(c2)CSC[C@@H](C(N)=O)NC(=O)[C@H]([C@@H](C)O)NC(=O)[C@H](CCC)NC(=O)[C@H](CC2CCC(O)CC2)NC(=O)[C@H](CCC(=O)O)NC1=O. The van der Waals surface area contributed by atoms with Gasteiger partial charge in [-0.2, -0.15) is 23.5 Å². The number of aliphatic hydroxyl groups is 4. The fourth-order valence-corrected chi connectivity index (χ4v) is 16.0. The number of carbonyl (C=O) groups is 13. The number of guanidine groups is 1. The Morgan fingerprint density at radius 3 is 1.44 bits per heavy atom. The van der Waals surface area contributed by atoms with Crippen LogP contribution in [0.3, 0.4) is 0 Å². The van der Waals surface area contributed by atoms with Gasteiger partial charge in [0.05, 0.1) is 30.1 Å². The summed E-state index contributed by atoms with van der Waals surface area (Å²) in [5.41, 5.74) is 18.6. The second-order valence-corrected chi connectivity index (χ2v) is 33.5. The van der Waals surface area contributed by atoms with Gasteiger partial charge >= 0.3 is 5.97 Å². The molecule has 2 heterocycles. The molecule has 2 bridgehead atoms. The van der Waals surface area contributed by atoms with Crippen LogP contribution in [0.15, 0.2) is 53.5 Å². The maximum atomic E-state index is 15.0. The van der Waals surface area contributed by atoms with E-state index in [0.717, 1.165) is 11.1 Å². The Balaban J connectivity index is 1.39. The van der Waals surface area contributed by atoms with Crippen molar-refractivity contribution < 1.29 is 87.9 Å². The van der Waals surface area contributed by atoms with Crippen LogP contribution in [0.2, 0.25) is 0 Å². The van der Waals surface area contributed by atoms with E-state index < -0.39 is 192 Å². The third kappa shape index (κ3) is 31.8. The number of thioether (sulfide) groups is 2. The lowest BCUT2D eigenvalue weighted by Crippen LogP contribution is -2.63. The Hall–Kier alpha value is -8.72. The summed E-state index contributed by atoms with van der Waals surface area (Å²) in [6, 6.07) is -3.40. The molecule has 114 heavy (non-hydrogen) atoms. The van der Waals surface area contributed by atoms with Crippen LogP contribution >= 0.6 is 23.5 Å². The quantitative estimate of drug-likeness (QED) is 0.0567. The molecule has 0 spiro atoms. The molecule has 1 saturated heterocycles. The third-order valence-electron chi connectivity index (χ3n) is 20.6. The number of carbonyl (C=O) groups excluding carboxylic acids is 12. The van der Waals surface area contributed by atoms with Crippen molar-refractivity contribution in [2.45, 2.75) is 279 Å². The summed E-state index contributed by atoms with van der Waals surface area (Å²) in [7, 11) is 0. The molecule has 12 amide bonds. The fourth-order valence-electron chi connectivity index (χ4n) is 14.1. The van der Waals surface area contributed by atoms with Gasteiger partial charge in [-0.3, -0.25) is 62.3 Å². The van der Waals surface area contributed by atoms with Crippen LogP contribution < -0.4 is 86.3 Å². The Morgan fingerprint density at radius 2 is 0.974 bits per heavy atom. The maximum Gasteiger partial charge on any atom is 0.303 e. The molecule has 3 fully saturated rings. The summed E-state index contributed by atoms with van der Waals surface area (Å²) in [6.07, 6.45) is -2.44. The van der Waals surface area contributed by atoms with Gasteiger partial charge < -0.3 is 112 Å². The first-order chi connectivity index (χ1) is 54.0. The molecule has 14 atom stereocenters. The number of carboxylic acids is 1. The van der Waals surface area contributed by atoms with E-state index >= 15 is 9.59 Å². The summed E-state index contributed by atoms with van der Waals surface area (Å²) in [4.78, 5) is 190. The summed E-state index contributed by atoms with van der Waals surface area (Å²) < 4.78 is 0. The molecule has 24 N–H and O–H groups in total. The summed E-state index contributed by atoms with van der Waals surface area (Å²) in [5.74, 6) is -11.8. The van der Waals surface area contributed by atoms with Crippen LogP contribution in [0.1, 0.15) is 181 Å². The molecule has 2 aliphatic carbocycles. The highest BCUT2D eigenvalue weighted by Gasteiger charge is 2.42. The van der Waals surface area contributed by atoms with Gasteiger partial charge in [0.1, 0.15) is 66.5 Å². The minimum absolute atomic E-state index is 0.00755. The predicted molar refractivity (Wildman–Crippen MR) is 429 cm³/mol. The van der Waals surface area contributed by atoms with Crippen LogP contribution in [0.4, 0.5) is 5.69 Å². The molecule has 4 aliphatic rings.